The smallest absolute Gasteiger partial charge is 0.247 e. The van der Waals surface area contributed by atoms with Crippen molar-refractivity contribution in [2.24, 2.45) is 0 Å². The molecule has 1 N–H and O–H groups in total. The van der Waals surface area contributed by atoms with Crippen molar-refractivity contribution in [3.05, 3.63) is 60.0 Å². The van der Waals surface area contributed by atoms with E-state index in [1.165, 1.54) is 0 Å². The Bertz CT molecular complexity index is 976. The first-order valence-electron chi connectivity index (χ1n) is 10.8. The first-order chi connectivity index (χ1) is 15.1. The molecule has 0 bridgehead atoms. The van der Waals surface area contributed by atoms with E-state index in [9.17, 15) is 5.11 Å². The predicted molar refractivity (Wildman–Crippen MR) is 124 cm³/mol. The fourth-order valence-corrected chi connectivity index (χ4v) is 4.77. The molecule has 0 radical (unpaired) electrons. The lowest BCUT2D eigenvalue weighted by Crippen LogP contribution is -2.21. The van der Waals surface area contributed by atoms with Crippen molar-refractivity contribution in [3.8, 4) is 23.0 Å². The minimum Gasteiger partial charge on any atom is -0.508 e. The van der Waals surface area contributed by atoms with Crippen LogP contribution in [0, 0.1) is 0 Å². The van der Waals surface area contributed by atoms with Crippen molar-refractivity contribution in [1.82, 2.24) is 15.1 Å². The van der Waals surface area contributed by atoms with Crippen LogP contribution in [0.1, 0.15) is 42.9 Å². The van der Waals surface area contributed by atoms with Crippen LogP contribution >= 0.6 is 11.8 Å². The van der Waals surface area contributed by atoms with Crippen molar-refractivity contribution in [3.63, 3.8) is 0 Å². The highest BCUT2D eigenvalue weighted by Crippen LogP contribution is 2.39. The topological polar surface area (TPSA) is 71.6 Å². The second-order valence-corrected chi connectivity index (χ2v) is 9.22. The second-order valence-electron chi connectivity index (χ2n) is 7.84. The minimum atomic E-state index is -0.205. The largest absolute Gasteiger partial charge is 0.508 e. The van der Waals surface area contributed by atoms with E-state index in [0.29, 0.717) is 11.8 Å². The SMILES string of the molecule is CCSC(c1nnc(-c2ccc(OC3CCCN(C)CC3)cc2)o1)c1ccccc1O. The van der Waals surface area contributed by atoms with Crippen molar-refractivity contribution < 1.29 is 14.3 Å². The highest BCUT2D eigenvalue weighted by molar-refractivity contribution is 7.99. The predicted octanol–water partition coefficient (Wildman–Crippen LogP) is 5.15. The minimum absolute atomic E-state index is 0.205. The van der Waals surface area contributed by atoms with Crippen LogP contribution in [0.4, 0.5) is 0 Å². The molecule has 164 valence electrons. The van der Waals surface area contributed by atoms with E-state index >= 15 is 0 Å². The van der Waals surface area contributed by atoms with Crippen molar-refractivity contribution in [1.29, 1.82) is 0 Å². The zero-order valence-corrected chi connectivity index (χ0v) is 18.8. The van der Waals surface area contributed by atoms with Gasteiger partial charge in [0.15, 0.2) is 0 Å². The third-order valence-corrected chi connectivity index (χ3v) is 6.64. The van der Waals surface area contributed by atoms with E-state index in [1.807, 2.05) is 42.5 Å². The number of aromatic nitrogens is 2. The Morgan fingerprint density at radius 3 is 2.71 bits per heavy atom. The van der Waals surface area contributed by atoms with E-state index in [2.05, 4.69) is 29.1 Å². The van der Waals surface area contributed by atoms with Gasteiger partial charge in [0.2, 0.25) is 11.8 Å². The number of aromatic hydroxyl groups is 1. The van der Waals surface area contributed by atoms with E-state index in [4.69, 9.17) is 9.15 Å². The highest BCUT2D eigenvalue weighted by atomic mass is 32.2. The van der Waals surface area contributed by atoms with Crippen molar-refractivity contribution >= 4 is 11.8 Å². The number of nitrogens with zero attached hydrogens (tertiary/aromatic N) is 3. The first kappa shape index (κ1) is 21.7. The van der Waals surface area contributed by atoms with Crippen molar-refractivity contribution in [2.75, 3.05) is 25.9 Å². The zero-order valence-electron chi connectivity index (χ0n) is 18.0. The number of ether oxygens (including phenoxy) is 1. The molecular formula is C24H29N3O3S. The lowest BCUT2D eigenvalue weighted by molar-refractivity contribution is 0.183. The van der Waals surface area contributed by atoms with Gasteiger partial charge >= 0.3 is 0 Å². The van der Waals surface area contributed by atoms with Crippen LogP contribution in [0.5, 0.6) is 11.5 Å². The Balaban J connectivity index is 1.47. The van der Waals surface area contributed by atoms with Crippen LogP contribution in [0.15, 0.2) is 52.9 Å². The average Bonchev–Trinajstić information content (AvgIpc) is 3.18. The number of rotatable bonds is 7. The molecule has 1 aromatic heterocycles. The molecule has 1 fully saturated rings. The average molecular weight is 440 g/mol. The number of thioether (sulfide) groups is 1. The molecule has 0 spiro atoms. The summed E-state index contributed by atoms with van der Waals surface area (Å²) in [5.74, 6) is 2.92. The second kappa shape index (κ2) is 10.2. The maximum Gasteiger partial charge on any atom is 0.247 e. The molecule has 2 aromatic carbocycles. The molecular weight excluding hydrogens is 410 g/mol. The summed E-state index contributed by atoms with van der Waals surface area (Å²) < 4.78 is 12.2. The molecule has 2 heterocycles. The van der Waals surface area contributed by atoms with Gasteiger partial charge in [0.05, 0.1) is 6.10 Å². The van der Waals surface area contributed by atoms with E-state index in [1.54, 1.807) is 17.8 Å². The Hall–Kier alpha value is -2.51. The summed E-state index contributed by atoms with van der Waals surface area (Å²) in [6, 6.07) is 15.1. The normalized spacial score (nSPS) is 18.5. The molecule has 6 nitrogen and oxygen atoms in total. The van der Waals surface area contributed by atoms with E-state index < -0.39 is 0 Å². The van der Waals surface area contributed by atoms with Crippen LogP contribution < -0.4 is 4.74 Å². The molecule has 2 unspecified atom stereocenters. The number of hydrogen-bond acceptors (Lipinski definition) is 7. The monoisotopic (exact) mass is 439 g/mol. The fourth-order valence-electron chi connectivity index (χ4n) is 3.82. The zero-order chi connectivity index (χ0) is 21.6. The van der Waals surface area contributed by atoms with E-state index in [-0.39, 0.29) is 17.1 Å². The molecule has 0 amide bonds. The Morgan fingerprint density at radius 2 is 1.94 bits per heavy atom. The van der Waals surface area contributed by atoms with Crippen LogP contribution in [0.25, 0.3) is 11.5 Å². The van der Waals surface area contributed by atoms with Gasteiger partial charge in [-0.15, -0.1) is 22.0 Å². The number of likely N-dealkylation sites (tertiary alicyclic amines) is 1. The molecule has 7 heteroatoms. The summed E-state index contributed by atoms with van der Waals surface area (Å²) >= 11 is 1.65. The van der Waals surface area contributed by atoms with Gasteiger partial charge < -0.3 is 19.2 Å². The first-order valence-corrected chi connectivity index (χ1v) is 11.9. The lowest BCUT2D eigenvalue weighted by Gasteiger charge is -2.17. The summed E-state index contributed by atoms with van der Waals surface area (Å²) in [7, 11) is 2.17. The molecule has 0 saturated carbocycles. The maximum atomic E-state index is 10.3. The van der Waals surface area contributed by atoms with Crippen LogP contribution in [-0.2, 0) is 0 Å². The van der Waals surface area contributed by atoms with E-state index in [0.717, 1.165) is 55.0 Å². The van der Waals surface area contributed by atoms with Gasteiger partial charge in [0.1, 0.15) is 16.7 Å². The Kier molecular flexibility index (Phi) is 7.14. The molecule has 0 aliphatic carbocycles. The molecule has 1 aliphatic heterocycles. The number of benzene rings is 2. The quantitative estimate of drug-likeness (QED) is 0.546. The standard InChI is InChI=1S/C24H29N3O3S/c1-3-31-22(20-8-4-5-9-21(20)28)24-26-25-23(30-24)17-10-12-19(13-11-17)29-18-7-6-15-27(2)16-14-18/h4-5,8-13,18,22,28H,3,6-7,14-16H2,1-2H3. The van der Waals surface area contributed by atoms with Crippen LogP contribution in [-0.4, -0.2) is 52.2 Å². The molecule has 1 aliphatic rings. The van der Waals surface area contributed by atoms with Gasteiger partial charge in [-0.25, -0.2) is 0 Å². The Labute approximate surface area is 187 Å². The molecule has 4 rings (SSSR count). The highest BCUT2D eigenvalue weighted by Gasteiger charge is 2.24. The third-order valence-electron chi connectivity index (χ3n) is 5.52. The van der Waals surface area contributed by atoms with Gasteiger partial charge in [0, 0.05) is 17.7 Å². The summed E-state index contributed by atoms with van der Waals surface area (Å²) in [5, 5.41) is 18.6. The van der Waals surface area contributed by atoms with Crippen LogP contribution in [0.2, 0.25) is 0 Å². The van der Waals surface area contributed by atoms with Gasteiger partial charge in [-0.1, -0.05) is 25.1 Å². The number of phenolic OH excluding ortho intramolecular Hbond substituents is 1. The summed E-state index contributed by atoms with van der Waals surface area (Å²) in [5.41, 5.74) is 1.63. The maximum absolute atomic E-state index is 10.3. The summed E-state index contributed by atoms with van der Waals surface area (Å²) in [6.45, 7) is 4.28. The van der Waals surface area contributed by atoms with Gasteiger partial charge in [-0.05, 0) is 68.9 Å². The van der Waals surface area contributed by atoms with Gasteiger partial charge in [0.25, 0.3) is 0 Å². The molecule has 3 aromatic rings. The number of hydrogen-bond donors (Lipinski definition) is 1. The summed E-state index contributed by atoms with van der Waals surface area (Å²) in [6.07, 6.45) is 3.56. The molecule has 2 atom stereocenters. The number of phenols is 1. The van der Waals surface area contributed by atoms with Crippen molar-refractivity contribution in [2.45, 2.75) is 37.5 Å². The third kappa shape index (κ3) is 5.40. The summed E-state index contributed by atoms with van der Waals surface area (Å²) in [4.78, 5) is 2.36. The fraction of sp³-hybridized carbons (Fsp3) is 0.417. The van der Waals surface area contributed by atoms with Gasteiger partial charge in [-0.2, -0.15) is 0 Å². The number of para-hydroxylation sites is 1. The molecule has 1 saturated heterocycles. The lowest BCUT2D eigenvalue weighted by atomic mass is 10.1. The van der Waals surface area contributed by atoms with Gasteiger partial charge in [-0.3, -0.25) is 0 Å². The Morgan fingerprint density at radius 1 is 1.13 bits per heavy atom. The molecule has 31 heavy (non-hydrogen) atoms. The van der Waals surface area contributed by atoms with Crippen LogP contribution in [0.3, 0.4) is 0 Å².